The summed E-state index contributed by atoms with van der Waals surface area (Å²) in [5, 5.41) is 2.17. The van der Waals surface area contributed by atoms with Crippen molar-refractivity contribution in [1.29, 1.82) is 0 Å². The molecule has 0 aliphatic carbocycles. The molecule has 122 valence electrons. The van der Waals surface area contributed by atoms with E-state index in [0.717, 1.165) is 10.5 Å². The Morgan fingerprint density at radius 3 is 2.35 bits per heavy atom. The zero-order chi connectivity index (χ0) is 17.3. The molecule has 0 aromatic carbocycles. The van der Waals surface area contributed by atoms with Crippen LogP contribution in [0.4, 0.5) is 0 Å². The minimum absolute atomic E-state index is 0.104. The van der Waals surface area contributed by atoms with Crippen molar-refractivity contribution < 1.29 is 19.2 Å². The fourth-order valence-corrected chi connectivity index (χ4v) is 2.52. The van der Waals surface area contributed by atoms with E-state index in [2.05, 4.69) is 11.9 Å². The number of allylic oxidation sites excluding steroid dienone is 1. The molecule has 6 nitrogen and oxygen atoms in total. The molecule has 23 heavy (non-hydrogen) atoms. The largest absolute Gasteiger partial charge is 0.295 e. The first-order valence-electron chi connectivity index (χ1n) is 7.54. The fourth-order valence-electron chi connectivity index (χ4n) is 2.52. The summed E-state index contributed by atoms with van der Waals surface area (Å²) in [6.07, 6.45) is 3.26. The van der Waals surface area contributed by atoms with Crippen LogP contribution in [0.1, 0.15) is 33.6 Å². The zero-order valence-corrected chi connectivity index (χ0v) is 13.5. The highest BCUT2D eigenvalue weighted by Crippen LogP contribution is 2.29. The maximum atomic E-state index is 12.7. The topological polar surface area (TPSA) is 83.6 Å². The quantitative estimate of drug-likeness (QED) is 0.791. The van der Waals surface area contributed by atoms with E-state index >= 15 is 0 Å². The SMILES string of the molecule is C=CC1=C(/C=C(\C)C(C)C)C(=O)N(C2CCC(=O)NC2=O)C1=O. The number of piperidine rings is 1. The number of hydrogen-bond acceptors (Lipinski definition) is 4. The summed E-state index contributed by atoms with van der Waals surface area (Å²) in [5.41, 5.74) is 1.39. The Kier molecular flexibility index (Phi) is 4.63. The van der Waals surface area contributed by atoms with Crippen LogP contribution in [-0.2, 0) is 19.2 Å². The average Bonchev–Trinajstić information content (AvgIpc) is 2.70. The minimum atomic E-state index is -0.951. The molecule has 0 radical (unpaired) electrons. The number of rotatable bonds is 4. The van der Waals surface area contributed by atoms with Gasteiger partial charge in [0.05, 0.1) is 11.1 Å². The molecule has 0 saturated carbocycles. The van der Waals surface area contributed by atoms with Crippen molar-refractivity contribution in [1.82, 2.24) is 10.2 Å². The van der Waals surface area contributed by atoms with Crippen LogP contribution >= 0.6 is 0 Å². The smallest absolute Gasteiger partial charge is 0.262 e. The molecule has 2 heterocycles. The summed E-state index contributed by atoms with van der Waals surface area (Å²) in [7, 11) is 0. The number of imide groups is 2. The van der Waals surface area contributed by atoms with Crippen LogP contribution in [0.3, 0.4) is 0 Å². The number of amides is 4. The molecule has 1 unspecified atom stereocenters. The van der Waals surface area contributed by atoms with E-state index < -0.39 is 29.7 Å². The Hall–Kier alpha value is -2.50. The van der Waals surface area contributed by atoms with Gasteiger partial charge < -0.3 is 0 Å². The minimum Gasteiger partial charge on any atom is -0.295 e. The van der Waals surface area contributed by atoms with Gasteiger partial charge in [0, 0.05) is 6.42 Å². The lowest BCUT2D eigenvalue weighted by Crippen LogP contribution is -2.54. The second-order valence-electron chi connectivity index (χ2n) is 6.02. The van der Waals surface area contributed by atoms with Gasteiger partial charge in [0.15, 0.2) is 0 Å². The van der Waals surface area contributed by atoms with E-state index in [0.29, 0.717) is 0 Å². The Morgan fingerprint density at radius 2 is 1.83 bits per heavy atom. The monoisotopic (exact) mass is 316 g/mol. The van der Waals surface area contributed by atoms with Crippen molar-refractivity contribution in [3.8, 4) is 0 Å². The van der Waals surface area contributed by atoms with Crippen molar-refractivity contribution in [2.75, 3.05) is 0 Å². The molecule has 1 N–H and O–H groups in total. The van der Waals surface area contributed by atoms with Crippen LogP contribution in [-0.4, -0.2) is 34.6 Å². The van der Waals surface area contributed by atoms with E-state index in [9.17, 15) is 19.2 Å². The maximum Gasteiger partial charge on any atom is 0.262 e. The van der Waals surface area contributed by atoms with Crippen LogP contribution < -0.4 is 5.32 Å². The molecule has 6 heteroatoms. The van der Waals surface area contributed by atoms with Crippen LogP contribution in [0, 0.1) is 5.92 Å². The lowest BCUT2D eigenvalue weighted by Gasteiger charge is -2.28. The summed E-state index contributed by atoms with van der Waals surface area (Å²) < 4.78 is 0. The highest BCUT2D eigenvalue weighted by Gasteiger charge is 2.44. The van der Waals surface area contributed by atoms with Gasteiger partial charge in [-0.15, -0.1) is 0 Å². The van der Waals surface area contributed by atoms with Gasteiger partial charge in [0.25, 0.3) is 11.8 Å². The zero-order valence-electron chi connectivity index (χ0n) is 13.5. The second-order valence-corrected chi connectivity index (χ2v) is 6.02. The Labute approximate surface area is 134 Å². The number of nitrogens with one attached hydrogen (secondary N) is 1. The molecule has 4 amide bonds. The lowest BCUT2D eigenvalue weighted by molar-refractivity contribution is -0.149. The van der Waals surface area contributed by atoms with Crippen molar-refractivity contribution in [2.24, 2.45) is 5.92 Å². The number of carbonyl (C=O) groups excluding carboxylic acids is 4. The molecule has 0 aromatic rings. The average molecular weight is 316 g/mol. The third kappa shape index (κ3) is 3.02. The van der Waals surface area contributed by atoms with E-state index in [1.165, 1.54) is 6.08 Å². The molecule has 0 bridgehead atoms. The van der Waals surface area contributed by atoms with Gasteiger partial charge in [0.1, 0.15) is 6.04 Å². The van der Waals surface area contributed by atoms with Crippen molar-refractivity contribution in [3.63, 3.8) is 0 Å². The molecule has 0 aromatic heterocycles. The van der Waals surface area contributed by atoms with Gasteiger partial charge in [-0.25, -0.2) is 0 Å². The molecule has 1 saturated heterocycles. The first-order valence-corrected chi connectivity index (χ1v) is 7.54. The maximum absolute atomic E-state index is 12.7. The van der Waals surface area contributed by atoms with E-state index in [-0.39, 0.29) is 29.9 Å². The number of hydrogen-bond donors (Lipinski definition) is 1. The summed E-state index contributed by atoms with van der Waals surface area (Å²) in [4.78, 5) is 49.3. The molecule has 1 atom stereocenters. The summed E-state index contributed by atoms with van der Waals surface area (Å²) in [6.45, 7) is 9.45. The molecular weight excluding hydrogens is 296 g/mol. The normalized spacial score (nSPS) is 23.0. The van der Waals surface area contributed by atoms with Crippen LogP contribution in [0.2, 0.25) is 0 Å². The molecule has 0 spiro atoms. The van der Waals surface area contributed by atoms with Gasteiger partial charge in [0.2, 0.25) is 11.8 Å². The van der Waals surface area contributed by atoms with Gasteiger partial charge in [-0.1, -0.05) is 32.1 Å². The Balaban J connectivity index is 2.38. The number of nitrogens with zero attached hydrogens (tertiary/aromatic N) is 1. The first kappa shape index (κ1) is 16.9. The predicted octanol–water partition coefficient (Wildman–Crippen LogP) is 1.25. The second kappa shape index (κ2) is 6.32. The highest BCUT2D eigenvalue weighted by atomic mass is 16.2. The van der Waals surface area contributed by atoms with Crippen molar-refractivity contribution in [3.05, 3.63) is 35.5 Å². The fraction of sp³-hybridized carbons (Fsp3) is 0.412. The Morgan fingerprint density at radius 1 is 1.22 bits per heavy atom. The standard InChI is InChI=1S/C17H20N2O4/c1-5-11-12(8-10(4)9(2)3)17(23)19(16(11)22)13-6-7-14(20)18-15(13)21/h5,8-9,13H,1,6-7H2,2-4H3,(H,18,20,21)/b10-8+. The summed E-state index contributed by atoms with van der Waals surface area (Å²) in [5.74, 6) is -1.84. The van der Waals surface area contributed by atoms with Gasteiger partial charge in [-0.2, -0.15) is 0 Å². The lowest BCUT2D eigenvalue weighted by atomic mass is 10.0. The molecule has 2 rings (SSSR count). The van der Waals surface area contributed by atoms with Crippen LogP contribution in [0.25, 0.3) is 0 Å². The van der Waals surface area contributed by atoms with Crippen LogP contribution in [0.15, 0.2) is 35.5 Å². The van der Waals surface area contributed by atoms with Gasteiger partial charge >= 0.3 is 0 Å². The Bertz CT molecular complexity index is 670. The highest BCUT2D eigenvalue weighted by molar-refractivity contribution is 6.24. The first-order chi connectivity index (χ1) is 10.8. The van der Waals surface area contributed by atoms with Gasteiger partial charge in [-0.05, 0) is 25.3 Å². The number of carbonyl (C=O) groups is 4. The van der Waals surface area contributed by atoms with E-state index in [1.54, 1.807) is 6.08 Å². The predicted molar refractivity (Wildman–Crippen MR) is 83.8 cm³/mol. The van der Waals surface area contributed by atoms with E-state index in [4.69, 9.17) is 0 Å². The summed E-state index contributed by atoms with van der Waals surface area (Å²) >= 11 is 0. The molecule has 1 fully saturated rings. The summed E-state index contributed by atoms with van der Waals surface area (Å²) in [6, 6.07) is -0.951. The van der Waals surface area contributed by atoms with Gasteiger partial charge in [-0.3, -0.25) is 29.4 Å². The third-order valence-corrected chi connectivity index (χ3v) is 4.20. The van der Waals surface area contributed by atoms with E-state index in [1.807, 2.05) is 20.8 Å². The molecular formula is C17H20N2O4. The molecule has 2 aliphatic heterocycles. The van der Waals surface area contributed by atoms with Crippen LogP contribution in [0.5, 0.6) is 0 Å². The molecule has 2 aliphatic rings. The van der Waals surface area contributed by atoms with Crippen molar-refractivity contribution >= 4 is 23.6 Å². The van der Waals surface area contributed by atoms with Crippen molar-refractivity contribution in [2.45, 2.75) is 39.7 Å². The third-order valence-electron chi connectivity index (χ3n) is 4.20.